The Morgan fingerprint density at radius 1 is 0.923 bits per heavy atom. The first-order chi connectivity index (χ1) is 12.6. The van der Waals surface area contributed by atoms with Crippen LogP contribution in [0.15, 0.2) is 24.3 Å². The third kappa shape index (κ3) is 5.84. The second kappa shape index (κ2) is 10.3. The second-order valence-corrected chi connectivity index (χ2v) is 6.89. The van der Waals surface area contributed by atoms with Crippen LogP contribution in [0.3, 0.4) is 0 Å². The first-order valence-electron chi connectivity index (χ1n) is 9.93. The molecule has 2 rings (SSSR count). The SMILES string of the molecule is CCc1ccc(CCC(=O)N2CCN(CC(=O)N(CC)CC)CC2)cc1. The molecule has 1 aromatic carbocycles. The fourth-order valence-electron chi connectivity index (χ4n) is 3.37. The van der Waals surface area contributed by atoms with E-state index >= 15 is 0 Å². The molecule has 1 aromatic rings. The first kappa shape index (κ1) is 20.4. The Balaban J connectivity index is 1.72. The molecule has 1 aliphatic rings. The Bertz CT molecular complexity index is 573. The largest absolute Gasteiger partial charge is 0.342 e. The summed E-state index contributed by atoms with van der Waals surface area (Å²) in [5.41, 5.74) is 2.55. The summed E-state index contributed by atoms with van der Waals surface area (Å²) in [5.74, 6) is 0.407. The van der Waals surface area contributed by atoms with E-state index in [0.717, 1.165) is 52.1 Å². The van der Waals surface area contributed by atoms with Gasteiger partial charge < -0.3 is 9.80 Å². The summed E-state index contributed by atoms with van der Waals surface area (Å²) in [4.78, 5) is 30.6. The molecule has 1 fully saturated rings. The highest BCUT2D eigenvalue weighted by Crippen LogP contribution is 2.10. The van der Waals surface area contributed by atoms with Gasteiger partial charge in [0.2, 0.25) is 11.8 Å². The van der Waals surface area contributed by atoms with Gasteiger partial charge in [-0.15, -0.1) is 0 Å². The Kier molecular flexibility index (Phi) is 8.10. The van der Waals surface area contributed by atoms with Crippen molar-refractivity contribution in [3.63, 3.8) is 0 Å². The summed E-state index contributed by atoms with van der Waals surface area (Å²) in [6.45, 7) is 11.1. The van der Waals surface area contributed by atoms with Crippen molar-refractivity contribution in [1.29, 1.82) is 0 Å². The maximum Gasteiger partial charge on any atom is 0.236 e. The number of aryl methyl sites for hydroxylation is 2. The maximum atomic E-state index is 12.5. The number of carbonyl (C=O) groups is 2. The number of amides is 2. The van der Waals surface area contributed by atoms with Gasteiger partial charge in [-0.25, -0.2) is 0 Å². The predicted molar refractivity (Wildman–Crippen MR) is 105 cm³/mol. The van der Waals surface area contributed by atoms with Gasteiger partial charge in [0.15, 0.2) is 0 Å². The van der Waals surface area contributed by atoms with E-state index in [9.17, 15) is 9.59 Å². The lowest BCUT2D eigenvalue weighted by molar-refractivity contribution is -0.135. The van der Waals surface area contributed by atoms with E-state index in [2.05, 4.69) is 36.1 Å². The lowest BCUT2D eigenvalue weighted by Gasteiger charge is -2.35. The molecule has 0 saturated carbocycles. The molecule has 0 unspecified atom stereocenters. The molecule has 0 atom stereocenters. The van der Waals surface area contributed by atoms with Crippen molar-refractivity contribution in [2.45, 2.75) is 40.0 Å². The highest BCUT2D eigenvalue weighted by Gasteiger charge is 2.23. The average Bonchev–Trinajstić information content (AvgIpc) is 2.68. The molecule has 26 heavy (non-hydrogen) atoms. The first-order valence-corrected chi connectivity index (χ1v) is 9.93. The van der Waals surface area contributed by atoms with Crippen molar-refractivity contribution in [2.24, 2.45) is 0 Å². The number of carbonyl (C=O) groups excluding carboxylic acids is 2. The molecule has 0 aliphatic carbocycles. The van der Waals surface area contributed by atoms with Crippen LogP contribution in [-0.4, -0.2) is 72.3 Å². The van der Waals surface area contributed by atoms with Gasteiger partial charge in [0.1, 0.15) is 0 Å². The molecule has 1 saturated heterocycles. The van der Waals surface area contributed by atoms with Crippen LogP contribution in [0.4, 0.5) is 0 Å². The minimum Gasteiger partial charge on any atom is -0.342 e. The predicted octanol–water partition coefficient (Wildman–Crippen LogP) is 2.19. The second-order valence-electron chi connectivity index (χ2n) is 6.89. The van der Waals surface area contributed by atoms with Crippen molar-refractivity contribution in [2.75, 3.05) is 45.8 Å². The van der Waals surface area contributed by atoms with E-state index in [-0.39, 0.29) is 11.8 Å². The zero-order valence-corrected chi connectivity index (χ0v) is 16.5. The number of piperazine rings is 1. The van der Waals surface area contributed by atoms with Gasteiger partial charge in [0.05, 0.1) is 6.54 Å². The Morgan fingerprint density at radius 3 is 2.04 bits per heavy atom. The van der Waals surface area contributed by atoms with Gasteiger partial charge in [0.25, 0.3) is 0 Å². The molecule has 0 radical (unpaired) electrons. The third-order valence-corrected chi connectivity index (χ3v) is 5.26. The zero-order chi connectivity index (χ0) is 18.9. The average molecular weight is 360 g/mol. The summed E-state index contributed by atoms with van der Waals surface area (Å²) in [6.07, 6.45) is 2.40. The summed E-state index contributed by atoms with van der Waals surface area (Å²) in [7, 11) is 0. The summed E-state index contributed by atoms with van der Waals surface area (Å²) in [6, 6.07) is 8.54. The molecule has 0 spiro atoms. The number of benzene rings is 1. The zero-order valence-electron chi connectivity index (χ0n) is 16.5. The van der Waals surface area contributed by atoms with E-state index in [1.807, 2.05) is 23.6 Å². The summed E-state index contributed by atoms with van der Waals surface area (Å²) >= 11 is 0. The highest BCUT2D eigenvalue weighted by molar-refractivity contribution is 5.78. The van der Waals surface area contributed by atoms with Gasteiger partial charge in [-0.1, -0.05) is 31.2 Å². The lowest BCUT2D eigenvalue weighted by Crippen LogP contribution is -2.51. The summed E-state index contributed by atoms with van der Waals surface area (Å²) < 4.78 is 0. The van der Waals surface area contributed by atoms with Gasteiger partial charge in [-0.2, -0.15) is 0 Å². The minimum absolute atomic E-state index is 0.185. The van der Waals surface area contributed by atoms with Crippen LogP contribution in [-0.2, 0) is 22.4 Å². The smallest absolute Gasteiger partial charge is 0.236 e. The van der Waals surface area contributed by atoms with Crippen molar-refractivity contribution < 1.29 is 9.59 Å². The van der Waals surface area contributed by atoms with Crippen molar-refractivity contribution in [3.05, 3.63) is 35.4 Å². The van der Waals surface area contributed by atoms with Crippen LogP contribution < -0.4 is 0 Å². The van der Waals surface area contributed by atoms with Gasteiger partial charge in [0, 0.05) is 45.7 Å². The van der Waals surface area contributed by atoms with E-state index in [1.54, 1.807) is 0 Å². The number of nitrogens with zero attached hydrogens (tertiary/aromatic N) is 3. The molecule has 0 N–H and O–H groups in total. The number of likely N-dealkylation sites (N-methyl/N-ethyl adjacent to an activating group) is 1. The fraction of sp³-hybridized carbons (Fsp3) is 0.619. The van der Waals surface area contributed by atoms with Crippen LogP contribution in [0.2, 0.25) is 0 Å². The Hall–Kier alpha value is -1.88. The standard InChI is InChI=1S/C21H33N3O2/c1-4-18-7-9-19(10-8-18)11-12-20(25)24-15-13-22(14-16-24)17-21(26)23(5-2)6-3/h7-10H,4-6,11-17H2,1-3H3. The molecule has 144 valence electrons. The molecule has 5 nitrogen and oxygen atoms in total. The quantitative estimate of drug-likeness (QED) is 0.715. The summed E-state index contributed by atoms with van der Waals surface area (Å²) in [5, 5.41) is 0. The van der Waals surface area contributed by atoms with Crippen LogP contribution in [0.1, 0.15) is 38.3 Å². The number of rotatable bonds is 8. The van der Waals surface area contributed by atoms with Crippen molar-refractivity contribution in [3.8, 4) is 0 Å². The van der Waals surface area contributed by atoms with Crippen LogP contribution in [0, 0.1) is 0 Å². The molecule has 1 aliphatic heterocycles. The van der Waals surface area contributed by atoms with E-state index in [4.69, 9.17) is 0 Å². The van der Waals surface area contributed by atoms with Gasteiger partial charge in [-0.3, -0.25) is 14.5 Å². The van der Waals surface area contributed by atoms with Crippen LogP contribution in [0.5, 0.6) is 0 Å². The lowest BCUT2D eigenvalue weighted by atomic mass is 10.1. The monoisotopic (exact) mass is 359 g/mol. The van der Waals surface area contributed by atoms with Crippen molar-refractivity contribution in [1.82, 2.24) is 14.7 Å². The Morgan fingerprint density at radius 2 is 1.50 bits per heavy atom. The topological polar surface area (TPSA) is 43.9 Å². The van der Waals surface area contributed by atoms with E-state index in [0.29, 0.717) is 13.0 Å². The molecule has 5 heteroatoms. The van der Waals surface area contributed by atoms with E-state index in [1.165, 1.54) is 11.1 Å². The molecular weight excluding hydrogens is 326 g/mol. The normalized spacial score (nSPS) is 15.1. The molecular formula is C21H33N3O2. The Labute approximate surface area is 158 Å². The van der Waals surface area contributed by atoms with Crippen LogP contribution >= 0.6 is 0 Å². The number of hydrogen-bond acceptors (Lipinski definition) is 3. The van der Waals surface area contributed by atoms with Crippen molar-refractivity contribution >= 4 is 11.8 Å². The molecule has 0 aromatic heterocycles. The van der Waals surface area contributed by atoms with Gasteiger partial charge in [-0.05, 0) is 37.8 Å². The number of hydrogen-bond donors (Lipinski definition) is 0. The maximum absolute atomic E-state index is 12.5. The van der Waals surface area contributed by atoms with E-state index < -0.39 is 0 Å². The molecule has 0 bridgehead atoms. The fourth-order valence-corrected chi connectivity index (χ4v) is 3.37. The molecule has 1 heterocycles. The van der Waals surface area contributed by atoms with Gasteiger partial charge >= 0.3 is 0 Å². The minimum atomic E-state index is 0.185. The van der Waals surface area contributed by atoms with Crippen LogP contribution in [0.25, 0.3) is 0 Å². The third-order valence-electron chi connectivity index (χ3n) is 5.26. The highest BCUT2D eigenvalue weighted by atomic mass is 16.2. The molecule has 2 amide bonds.